The molecule has 2 aromatic rings. The summed E-state index contributed by atoms with van der Waals surface area (Å²) in [6.45, 7) is 9.10. The van der Waals surface area contributed by atoms with Gasteiger partial charge >= 0.3 is 0 Å². The molecule has 5 nitrogen and oxygen atoms in total. The van der Waals surface area contributed by atoms with Crippen LogP contribution in [0.15, 0.2) is 34.7 Å². The highest BCUT2D eigenvalue weighted by Crippen LogP contribution is 2.20. The average molecular weight is 373 g/mol. The molecule has 1 aliphatic heterocycles. The van der Waals surface area contributed by atoms with Crippen molar-refractivity contribution >= 4 is 0 Å². The minimum atomic E-state index is -0.580. The van der Waals surface area contributed by atoms with E-state index in [1.807, 2.05) is 38.1 Å². The number of aryl methyl sites for hydroxylation is 3. The van der Waals surface area contributed by atoms with Gasteiger partial charge in [-0.15, -0.1) is 0 Å². The van der Waals surface area contributed by atoms with Gasteiger partial charge in [0, 0.05) is 19.7 Å². The fourth-order valence-electron chi connectivity index (χ4n) is 3.57. The topological polar surface area (TPSA) is 55.1 Å². The van der Waals surface area contributed by atoms with E-state index in [1.165, 1.54) is 5.56 Å². The second-order valence-electron chi connectivity index (χ2n) is 7.58. The maximum Gasteiger partial charge on any atom is 0.122 e. The Hall–Kier alpha value is -1.82. The number of nitrogens with zero attached hydrogens (tertiary/aromatic N) is 1. The van der Waals surface area contributed by atoms with Gasteiger partial charge in [0.15, 0.2) is 0 Å². The molecular formula is C22H31NO4. The van der Waals surface area contributed by atoms with Gasteiger partial charge < -0.3 is 19.0 Å². The largest absolute Gasteiger partial charge is 0.491 e. The lowest BCUT2D eigenvalue weighted by atomic mass is 10.1. The normalized spacial score (nSPS) is 18.2. The molecule has 1 N–H and O–H groups in total. The minimum absolute atomic E-state index is 0.230. The third kappa shape index (κ3) is 6.09. The molecule has 0 radical (unpaired) electrons. The molecule has 1 saturated heterocycles. The van der Waals surface area contributed by atoms with E-state index in [1.54, 1.807) is 0 Å². The SMILES string of the molecule is Cc1ccc(OCC(O)CN(Cc2ccc(C)o2)CC2CCCO2)c(C)c1. The van der Waals surface area contributed by atoms with Gasteiger partial charge in [-0.1, -0.05) is 17.7 Å². The zero-order valence-electron chi connectivity index (χ0n) is 16.6. The summed E-state index contributed by atoms with van der Waals surface area (Å²) in [5, 5.41) is 10.5. The molecule has 1 aliphatic rings. The van der Waals surface area contributed by atoms with Gasteiger partial charge in [-0.25, -0.2) is 0 Å². The first kappa shape index (κ1) is 19.9. The molecule has 0 saturated carbocycles. The van der Waals surface area contributed by atoms with Crippen LogP contribution in [0.1, 0.15) is 35.5 Å². The molecule has 3 rings (SSSR count). The van der Waals surface area contributed by atoms with E-state index in [2.05, 4.69) is 17.9 Å². The molecule has 2 heterocycles. The summed E-state index contributed by atoms with van der Waals surface area (Å²) < 4.78 is 17.3. The van der Waals surface area contributed by atoms with Crippen molar-refractivity contribution in [2.75, 3.05) is 26.3 Å². The van der Waals surface area contributed by atoms with Gasteiger partial charge in [-0.2, -0.15) is 0 Å². The van der Waals surface area contributed by atoms with Crippen LogP contribution in [0.5, 0.6) is 5.75 Å². The van der Waals surface area contributed by atoms with E-state index in [0.717, 1.165) is 48.8 Å². The standard InChI is InChI=1S/C22H31NO4/c1-16-6-9-22(17(2)11-16)26-15-19(24)12-23(13-20-5-4-10-25-20)14-21-8-7-18(3)27-21/h6-9,11,19-20,24H,4-5,10,12-15H2,1-3H3. The van der Waals surface area contributed by atoms with Crippen molar-refractivity contribution in [3.8, 4) is 5.75 Å². The van der Waals surface area contributed by atoms with E-state index in [4.69, 9.17) is 13.9 Å². The molecule has 27 heavy (non-hydrogen) atoms. The van der Waals surface area contributed by atoms with Crippen molar-refractivity contribution in [3.63, 3.8) is 0 Å². The first-order chi connectivity index (χ1) is 13.0. The number of hydrogen-bond donors (Lipinski definition) is 1. The van der Waals surface area contributed by atoms with E-state index < -0.39 is 6.10 Å². The molecule has 0 amide bonds. The van der Waals surface area contributed by atoms with Crippen LogP contribution in [0.4, 0.5) is 0 Å². The van der Waals surface area contributed by atoms with Crippen molar-refractivity contribution < 1.29 is 19.0 Å². The Labute approximate surface area is 161 Å². The highest BCUT2D eigenvalue weighted by molar-refractivity contribution is 5.35. The van der Waals surface area contributed by atoms with E-state index in [-0.39, 0.29) is 12.7 Å². The Morgan fingerprint density at radius 1 is 1.22 bits per heavy atom. The number of rotatable bonds is 9. The van der Waals surface area contributed by atoms with E-state index >= 15 is 0 Å². The van der Waals surface area contributed by atoms with Crippen LogP contribution >= 0.6 is 0 Å². The Morgan fingerprint density at radius 3 is 2.74 bits per heavy atom. The first-order valence-electron chi connectivity index (χ1n) is 9.77. The summed E-state index contributed by atoms with van der Waals surface area (Å²) in [4.78, 5) is 2.20. The van der Waals surface area contributed by atoms with Crippen LogP contribution in [0, 0.1) is 20.8 Å². The Morgan fingerprint density at radius 2 is 2.07 bits per heavy atom. The molecule has 2 atom stereocenters. The maximum absolute atomic E-state index is 10.5. The molecular weight excluding hydrogens is 342 g/mol. The lowest BCUT2D eigenvalue weighted by Crippen LogP contribution is -2.39. The van der Waals surface area contributed by atoms with Crippen LogP contribution < -0.4 is 4.74 Å². The molecule has 0 bridgehead atoms. The summed E-state index contributed by atoms with van der Waals surface area (Å²) in [5.41, 5.74) is 2.29. The Bertz CT molecular complexity index is 721. The maximum atomic E-state index is 10.5. The van der Waals surface area contributed by atoms with E-state index in [0.29, 0.717) is 13.1 Å². The second-order valence-corrected chi connectivity index (χ2v) is 7.58. The van der Waals surface area contributed by atoms with Crippen LogP contribution in [0.3, 0.4) is 0 Å². The molecule has 0 aliphatic carbocycles. The predicted molar refractivity (Wildman–Crippen MR) is 105 cm³/mol. The third-order valence-corrected chi connectivity index (χ3v) is 4.89. The summed E-state index contributed by atoms with van der Waals surface area (Å²) in [6.07, 6.45) is 1.83. The van der Waals surface area contributed by atoms with Gasteiger partial charge in [0.05, 0.1) is 12.6 Å². The summed E-state index contributed by atoms with van der Waals surface area (Å²) >= 11 is 0. The smallest absolute Gasteiger partial charge is 0.122 e. The zero-order valence-corrected chi connectivity index (χ0v) is 16.6. The van der Waals surface area contributed by atoms with Crippen molar-refractivity contribution in [2.24, 2.45) is 0 Å². The summed E-state index contributed by atoms with van der Waals surface area (Å²) in [6, 6.07) is 10.0. The number of aliphatic hydroxyl groups is 1. The lowest BCUT2D eigenvalue weighted by Gasteiger charge is -2.26. The number of benzene rings is 1. The highest BCUT2D eigenvalue weighted by atomic mass is 16.5. The van der Waals surface area contributed by atoms with E-state index in [9.17, 15) is 5.11 Å². The Kier molecular flexibility index (Phi) is 6.94. The van der Waals surface area contributed by atoms with Crippen molar-refractivity contribution in [2.45, 2.75) is 52.4 Å². The van der Waals surface area contributed by atoms with Gasteiger partial charge in [0.25, 0.3) is 0 Å². The molecule has 1 aromatic carbocycles. The minimum Gasteiger partial charge on any atom is -0.491 e. The van der Waals surface area contributed by atoms with Crippen molar-refractivity contribution in [1.82, 2.24) is 4.90 Å². The molecule has 5 heteroatoms. The van der Waals surface area contributed by atoms with Crippen LogP contribution in [-0.4, -0.2) is 48.5 Å². The zero-order chi connectivity index (χ0) is 19.2. The van der Waals surface area contributed by atoms with Crippen LogP contribution in [0.25, 0.3) is 0 Å². The quantitative estimate of drug-likeness (QED) is 0.727. The van der Waals surface area contributed by atoms with Crippen LogP contribution in [-0.2, 0) is 11.3 Å². The molecule has 148 valence electrons. The predicted octanol–water partition coefficient (Wildman–Crippen LogP) is 3.63. The number of ether oxygens (including phenoxy) is 2. The average Bonchev–Trinajstić information content (AvgIpc) is 3.26. The number of aliphatic hydroxyl groups excluding tert-OH is 1. The summed E-state index contributed by atoms with van der Waals surface area (Å²) in [7, 11) is 0. The molecule has 1 fully saturated rings. The van der Waals surface area contributed by atoms with Crippen molar-refractivity contribution in [3.05, 3.63) is 53.0 Å². The van der Waals surface area contributed by atoms with Gasteiger partial charge in [0.2, 0.25) is 0 Å². The fourth-order valence-corrected chi connectivity index (χ4v) is 3.57. The second kappa shape index (κ2) is 9.40. The number of hydrogen-bond acceptors (Lipinski definition) is 5. The summed E-state index contributed by atoms with van der Waals surface area (Å²) in [5.74, 6) is 2.64. The fraction of sp³-hybridized carbons (Fsp3) is 0.545. The molecule has 2 unspecified atom stereocenters. The third-order valence-electron chi connectivity index (χ3n) is 4.89. The first-order valence-corrected chi connectivity index (χ1v) is 9.77. The number of furan rings is 1. The van der Waals surface area contributed by atoms with Gasteiger partial charge in [-0.3, -0.25) is 4.90 Å². The lowest BCUT2D eigenvalue weighted by molar-refractivity contribution is 0.0289. The van der Waals surface area contributed by atoms with Gasteiger partial charge in [0.1, 0.15) is 30.0 Å². The van der Waals surface area contributed by atoms with Crippen LogP contribution in [0.2, 0.25) is 0 Å². The highest BCUT2D eigenvalue weighted by Gasteiger charge is 2.22. The molecule has 0 spiro atoms. The van der Waals surface area contributed by atoms with Gasteiger partial charge in [-0.05, 0) is 57.4 Å². The molecule has 1 aromatic heterocycles. The monoisotopic (exact) mass is 373 g/mol. The Balaban J connectivity index is 1.56. The van der Waals surface area contributed by atoms with Crippen molar-refractivity contribution in [1.29, 1.82) is 0 Å².